The number of hydrogen-bond donors (Lipinski definition) is 1. The summed E-state index contributed by atoms with van der Waals surface area (Å²) in [6.07, 6.45) is 3.38. The molecule has 0 fully saturated rings. The molecule has 0 saturated carbocycles. The molecule has 18 heavy (non-hydrogen) atoms. The Labute approximate surface area is 109 Å². The van der Waals surface area contributed by atoms with E-state index in [1.165, 1.54) is 0 Å². The molecule has 0 aliphatic heterocycles. The second-order valence-corrected chi connectivity index (χ2v) is 4.29. The number of hydrogen-bond acceptors (Lipinski definition) is 4. The van der Waals surface area contributed by atoms with Crippen LogP contribution in [-0.4, -0.2) is 10.1 Å². The predicted octanol–water partition coefficient (Wildman–Crippen LogP) is 3.49. The molecular formula is C13H10ClN3O. The Morgan fingerprint density at radius 3 is 2.94 bits per heavy atom. The lowest BCUT2D eigenvalue weighted by Gasteiger charge is -2.07. The molecule has 0 bridgehead atoms. The zero-order chi connectivity index (χ0) is 12.4. The van der Waals surface area contributed by atoms with Crippen LogP contribution < -0.4 is 5.32 Å². The molecule has 0 atom stereocenters. The summed E-state index contributed by atoms with van der Waals surface area (Å²) >= 11 is 5.95. The van der Waals surface area contributed by atoms with Crippen LogP contribution in [-0.2, 0) is 6.54 Å². The van der Waals surface area contributed by atoms with Crippen molar-refractivity contribution in [1.29, 1.82) is 0 Å². The second kappa shape index (κ2) is 4.66. The predicted molar refractivity (Wildman–Crippen MR) is 70.6 cm³/mol. The van der Waals surface area contributed by atoms with E-state index in [0.29, 0.717) is 11.6 Å². The molecule has 0 saturated heterocycles. The summed E-state index contributed by atoms with van der Waals surface area (Å²) in [4.78, 5) is 4.29. The number of rotatable bonds is 3. The van der Waals surface area contributed by atoms with E-state index >= 15 is 0 Å². The highest BCUT2D eigenvalue weighted by Crippen LogP contribution is 2.24. The van der Waals surface area contributed by atoms with Crippen LogP contribution >= 0.6 is 11.6 Å². The molecule has 3 rings (SSSR count). The van der Waals surface area contributed by atoms with Gasteiger partial charge in [0.05, 0.1) is 18.3 Å². The van der Waals surface area contributed by atoms with Crippen LogP contribution in [0.5, 0.6) is 0 Å². The third-order valence-electron chi connectivity index (χ3n) is 2.65. The van der Waals surface area contributed by atoms with Crippen molar-refractivity contribution in [2.24, 2.45) is 0 Å². The molecule has 0 amide bonds. The minimum absolute atomic E-state index is 0.585. The monoisotopic (exact) mass is 259 g/mol. The summed E-state index contributed by atoms with van der Waals surface area (Å²) in [5.74, 6) is 0.786. The van der Waals surface area contributed by atoms with Crippen LogP contribution in [0.3, 0.4) is 0 Å². The van der Waals surface area contributed by atoms with E-state index < -0.39 is 0 Å². The highest BCUT2D eigenvalue weighted by Gasteiger charge is 2.03. The Balaban J connectivity index is 1.92. The van der Waals surface area contributed by atoms with Gasteiger partial charge in [0.25, 0.3) is 0 Å². The second-order valence-electron chi connectivity index (χ2n) is 3.85. The number of anilines is 1. The normalized spacial score (nSPS) is 10.7. The minimum Gasteiger partial charge on any atom is -0.377 e. The summed E-state index contributed by atoms with van der Waals surface area (Å²) in [5, 5.41) is 8.67. The number of benzene rings is 1. The molecule has 2 heterocycles. The third-order valence-corrected chi connectivity index (χ3v) is 2.88. The quantitative estimate of drug-likeness (QED) is 0.782. The molecular weight excluding hydrogens is 250 g/mol. The molecule has 0 unspecified atom stereocenters. The zero-order valence-electron chi connectivity index (χ0n) is 9.43. The van der Waals surface area contributed by atoms with Gasteiger partial charge in [-0.2, -0.15) is 0 Å². The van der Waals surface area contributed by atoms with Gasteiger partial charge in [-0.1, -0.05) is 16.8 Å². The van der Waals surface area contributed by atoms with Gasteiger partial charge >= 0.3 is 0 Å². The fourth-order valence-corrected chi connectivity index (χ4v) is 1.96. The first kappa shape index (κ1) is 11.0. The van der Waals surface area contributed by atoms with Gasteiger partial charge in [-0.3, -0.25) is 4.98 Å². The van der Waals surface area contributed by atoms with Crippen molar-refractivity contribution in [3.63, 3.8) is 0 Å². The number of fused-ring (bicyclic) bond motifs is 1. The number of aromatic nitrogens is 2. The van der Waals surface area contributed by atoms with Crippen molar-refractivity contribution >= 4 is 28.2 Å². The van der Waals surface area contributed by atoms with Crippen molar-refractivity contribution in [3.05, 3.63) is 53.5 Å². The van der Waals surface area contributed by atoms with Gasteiger partial charge in [-0.25, -0.2) is 0 Å². The van der Waals surface area contributed by atoms with Gasteiger partial charge in [0.2, 0.25) is 0 Å². The van der Waals surface area contributed by atoms with Crippen molar-refractivity contribution in [1.82, 2.24) is 10.1 Å². The maximum atomic E-state index is 5.95. The van der Waals surface area contributed by atoms with E-state index in [4.69, 9.17) is 16.1 Å². The summed E-state index contributed by atoms with van der Waals surface area (Å²) in [6.45, 7) is 0.585. The van der Waals surface area contributed by atoms with Crippen LogP contribution in [0.4, 0.5) is 5.69 Å². The molecule has 0 aliphatic carbocycles. The topological polar surface area (TPSA) is 51.0 Å². The van der Waals surface area contributed by atoms with Gasteiger partial charge in [0, 0.05) is 28.4 Å². The van der Waals surface area contributed by atoms with Crippen LogP contribution in [0.2, 0.25) is 5.02 Å². The maximum Gasteiger partial charge on any atom is 0.155 e. The van der Waals surface area contributed by atoms with Crippen LogP contribution in [0, 0.1) is 0 Å². The number of nitrogens with zero attached hydrogens (tertiary/aromatic N) is 2. The van der Waals surface area contributed by atoms with Gasteiger partial charge in [-0.05, 0) is 24.3 Å². The van der Waals surface area contributed by atoms with Crippen LogP contribution in [0.25, 0.3) is 10.9 Å². The molecule has 3 aromatic rings. The van der Waals surface area contributed by atoms with E-state index in [2.05, 4.69) is 15.5 Å². The van der Waals surface area contributed by atoms with Crippen molar-refractivity contribution < 1.29 is 4.52 Å². The van der Waals surface area contributed by atoms with Crippen molar-refractivity contribution in [2.75, 3.05) is 5.32 Å². The largest absolute Gasteiger partial charge is 0.377 e. The van der Waals surface area contributed by atoms with Gasteiger partial charge < -0.3 is 9.84 Å². The van der Waals surface area contributed by atoms with Crippen LogP contribution in [0.15, 0.2) is 47.2 Å². The first-order valence-electron chi connectivity index (χ1n) is 5.50. The maximum absolute atomic E-state index is 5.95. The van der Waals surface area contributed by atoms with E-state index in [1.54, 1.807) is 12.4 Å². The molecule has 0 radical (unpaired) electrons. The molecule has 5 heteroatoms. The van der Waals surface area contributed by atoms with Crippen molar-refractivity contribution in [2.45, 2.75) is 6.54 Å². The summed E-state index contributed by atoms with van der Waals surface area (Å²) in [6, 6.07) is 9.40. The van der Waals surface area contributed by atoms with Crippen LogP contribution in [0.1, 0.15) is 5.76 Å². The molecule has 1 N–H and O–H groups in total. The van der Waals surface area contributed by atoms with E-state index in [0.717, 1.165) is 22.4 Å². The zero-order valence-corrected chi connectivity index (χ0v) is 10.2. The lowest BCUT2D eigenvalue weighted by Crippen LogP contribution is -1.99. The lowest BCUT2D eigenvalue weighted by molar-refractivity contribution is 0.388. The van der Waals surface area contributed by atoms with Crippen molar-refractivity contribution in [3.8, 4) is 0 Å². The minimum atomic E-state index is 0.585. The Bertz CT molecular complexity index is 667. The van der Waals surface area contributed by atoms with E-state index in [9.17, 15) is 0 Å². The Kier molecular flexibility index (Phi) is 2.86. The average Bonchev–Trinajstić information content (AvgIpc) is 2.89. The summed E-state index contributed by atoms with van der Waals surface area (Å²) < 4.78 is 5.04. The standard InChI is InChI=1S/C13H10ClN3O/c14-9-1-2-11-12(4-5-15-13(11)7-9)16-8-10-3-6-17-18-10/h1-7H,8H2,(H,15,16). The van der Waals surface area contributed by atoms with E-state index in [1.807, 2.05) is 30.3 Å². The number of nitrogens with one attached hydrogen (secondary N) is 1. The Morgan fingerprint density at radius 1 is 1.17 bits per heavy atom. The molecule has 4 nitrogen and oxygen atoms in total. The first-order valence-corrected chi connectivity index (χ1v) is 5.88. The average molecular weight is 260 g/mol. The molecule has 1 aromatic carbocycles. The molecule has 0 spiro atoms. The Morgan fingerprint density at radius 2 is 2.11 bits per heavy atom. The van der Waals surface area contributed by atoms with Gasteiger partial charge in [-0.15, -0.1) is 0 Å². The highest BCUT2D eigenvalue weighted by molar-refractivity contribution is 6.31. The summed E-state index contributed by atoms with van der Waals surface area (Å²) in [7, 11) is 0. The molecule has 2 aromatic heterocycles. The fraction of sp³-hybridized carbons (Fsp3) is 0.0769. The van der Waals surface area contributed by atoms with Gasteiger partial charge in [0.1, 0.15) is 0 Å². The number of pyridine rings is 1. The smallest absolute Gasteiger partial charge is 0.155 e. The highest BCUT2D eigenvalue weighted by atomic mass is 35.5. The summed E-state index contributed by atoms with van der Waals surface area (Å²) in [5.41, 5.74) is 1.86. The Hall–Kier alpha value is -2.07. The fourth-order valence-electron chi connectivity index (χ4n) is 1.79. The molecule has 90 valence electrons. The molecule has 0 aliphatic rings. The van der Waals surface area contributed by atoms with E-state index in [-0.39, 0.29) is 0 Å². The van der Waals surface area contributed by atoms with Gasteiger partial charge in [0.15, 0.2) is 5.76 Å². The number of halogens is 1. The first-order chi connectivity index (χ1) is 8.83. The SMILES string of the molecule is Clc1ccc2c(NCc3ccno3)ccnc2c1. The lowest BCUT2D eigenvalue weighted by atomic mass is 10.2. The third kappa shape index (κ3) is 2.15.